The lowest BCUT2D eigenvalue weighted by molar-refractivity contribution is -0.124. The summed E-state index contributed by atoms with van der Waals surface area (Å²) in [6.45, 7) is 9.24. The molecule has 21 heavy (non-hydrogen) atoms. The van der Waals surface area contributed by atoms with E-state index in [-0.39, 0.29) is 17.5 Å². The predicted molar refractivity (Wildman–Crippen MR) is 87.3 cm³/mol. The van der Waals surface area contributed by atoms with Crippen molar-refractivity contribution in [1.82, 2.24) is 16.0 Å². The van der Waals surface area contributed by atoms with Crippen LogP contribution in [0, 0.1) is 5.92 Å². The topological polar surface area (TPSA) is 53.2 Å². The zero-order chi connectivity index (χ0) is 15.5. The number of hydrogen-bond acceptors (Lipinski definition) is 3. The van der Waals surface area contributed by atoms with Crippen molar-refractivity contribution in [2.24, 2.45) is 5.92 Å². The molecule has 2 fully saturated rings. The summed E-state index contributed by atoms with van der Waals surface area (Å²) in [5, 5.41) is 10.4. The third-order valence-electron chi connectivity index (χ3n) is 4.79. The highest BCUT2D eigenvalue weighted by molar-refractivity contribution is 5.81. The fourth-order valence-electron chi connectivity index (χ4n) is 3.80. The largest absolute Gasteiger partial charge is 0.350 e. The van der Waals surface area contributed by atoms with Crippen LogP contribution in [-0.2, 0) is 4.79 Å². The van der Waals surface area contributed by atoms with Crippen LogP contribution in [0.3, 0.4) is 0 Å². The minimum atomic E-state index is -0.160. The van der Waals surface area contributed by atoms with Crippen LogP contribution in [-0.4, -0.2) is 36.1 Å². The molecule has 4 unspecified atom stereocenters. The Morgan fingerprint density at radius 3 is 2.52 bits per heavy atom. The minimum absolute atomic E-state index is 0.113. The van der Waals surface area contributed by atoms with Gasteiger partial charge in [0.1, 0.15) is 0 Å². The molecule has 1 aliphatic carbocycles. The van der Waals surface area contributed by atoms with E-state index in [9.17, 15) is 4.79 Å². The summed E-state index contributed by atoms with van der Waals surface area (Å²) in [4.78, 5) is 12.2. The van der Waals surface area contributed by atoms with E-state index in [1.165, 1.54) is 38.5 Å². The normalized spacial score (nSPS) is 31.9. The lowest BCUT2D eigenvalue weighted by Gasteiger charge is -2.34. The van der Waals surface area contributed by atoms with Crippen molar-refractivity contribution in [2.45, 2.75) is 89.9 Å². The fraction of sp³-hybridized carbons (Fsp3) is 0.941. The van der Waals surface area contributed by atoms with Crippen molar-refractivity contribution in [3.8, 4) is 0 Å². The molecule has 1 amide bonds. The first-order valence-corrected chi connectivity index (χ1v) is 8.68. The van der Waals surface area contributed by atoms with Crippen LogP contribution in [0.5, 0.6) is 0 Å². The zero-order valence-corrected chi connectivity index (χ0v) is 14.2. The van der Waals surface area contributed by atoms with Crippen LogP contribution >= 0.6 is 0 Å². The van der Waals surface area contributed by atoms with E-state index in [1.54, 1.807) is 0 Å². The smallest absolute Gasteiger partial charge is 0.237 e. The monoisotopic (exact) mass is 295 g/mol. The number of hydrogen-bond donors (Lipinski definition) is 3. The first kappa shape index (κ1) is 16.8. The first-order chi connectivity index (χ1) is 9.87. The average molecular weight is 295 g/mol. The van der Waals surface area contributed by atoms with Gasteiger partial charge in [-0.1, -0.05) is 12.8 Å². The Labute approximate surface area is 129 Å². The van der Waals surface area contributed by atoms with Gasteiger partial charge in [0, 0.05) is 17.6 Å². The molecule has 4 atom stereocenters. The molecule has 4 nitrogen and oxygen atoms in total. The molecule has 0 aromatic carbocycles. The lowest BCUT2D eigenvalue weighted by Crippen LogP contribution is -2.54. The third kappa shape index (κ3) is 4.96. The number of carbonyl (C=O) groups excluding carboxylic acids is 1. The maximum absolute atomic E-state index is 12.2. The van der Waals surface area contributed by atoms with E-state index in [0.717, 1.165) is 6.54 Å². The molecule has 2 rings (SSSR count). The van der Waals surface area contributed by atoms with Gasteiger partial charge >= 0.3 is 0 Å². The molecule has 1 saturated carbocycles. The van der Waals surface area contributed by atoms with Crippen molar-refractivity contribution >= 4 is 5.91 Å². The van der Waals surface area contributed by atoms with Gasteiger partial charge in [0.05, 0.1) is 6.04 Å². The van der Waals surface area contributed by atoms with Gasteiger partial charge in [-0.2, -0.15) is 0 Å². The number of amides is 1. The first-order valence-electron chi connectivity index (χ1n) is 8.68. The van der Waals surface area contributed by atoms with Crippen LogP contribution in [0.2, 0.25) is 0 Å². The van der Waals surface area contributed by atoms with Gasteiger partial charge in [-0.05, 0) is 65.8 Å². The molecule has 1 heterocycles. The molecule has 1 aliphatic heterocycles. The lowest BCUT2D eigenvalue weighted by atomic mass is 9.88. The summed E-state index contributed by atoms with van der Waals surface area (Å²) < 4.78 is 0. The third-order valence-corrected chi connectivity index (χ3v) is 4.79. The predicted octanol–water partition coefficient (Wildman–Crippen LogP) is 2.19. The molecule has 0 spiro atoms. The maximum Gasteiger partial charge on any atom is 0.237 e. The van der Waals surface area contributed by atoms with Crippen molar-refractivity contribution in [1.29, 1.82) is 0 Å². The standard InChI is InChI=1S/C17H33N3O/c1-12(16(21)20-17(2,3)4)19-15-10-7-8-13(15)14-9-5-6-11-18-14/h12-15,18-19H,5-11H2,1-4H3,(H,20,21). The van der Waals surface area contributed by atoms with Crippen molar-refractivity contribution in [3.63, 3.8) is 0 Å². The molecule has 0 aromatic rings. The summed E-state index contributed by atoms with van der Waals surface area (Å²) in [5.41, 5.74) is -0.160. The molecular weight excluding hydrogens is 262 g/mol. The minimum Gasteiger partial charge on any atom is -0.350 e. The summed E-state index contributed by atoms with van der Waals surface area (Å²) >= 11 is 0. The molecule has 4 heteroatoms. The Hall–Kier alpha value is -0.610. The quantitative estimate of drug-likeness (QED) is 0.745. The Morgan fingerprint density at radius 2 is 1.90 bits per heavy atom. The molecule has 3 N–H and O–H groups in total. The molecule has 0 bridgehead atoms. The van der Waals surface area contributed by atoms with Gasteiger partial charge in [0.15, 0.2) is 0 Å². The van der Waals surface area contributed by atoms with Gasteiger partial charge in [-0.15, -0.1) is 0 Å². The second-order valence-corrected chi connectivity index (χ2v) is 7.89. The maximum atomic E-state index is 12.2. The van der Waals surface area contributed by atoms with Gasteiger partial charge < -0.3 is 16.0 Å². The van der Waals surface area contributed by atoms with E-state index in [0.29, 0.717) is 18.0 Å². The molecular formula is C17H33N3O. The van der Waals surface area contributed by atoms with E-state index in [2.05, 4.69) is 16.0 Å². The second-order valence-electron chi connectivity index (χ2n) is 7.89. The Bertz CT molecular complexity index is 344. The van der Waals surface area contributed by atoms with Crippen LogP contribution in [0.25, 0.3) is 0 Å². The Balaban J connectivity index is 1.86. The van der Waals surface area contributed by atoms with Crippen LogP contribution < -0.4 is 16.0 Å². The molecule has 0 aromatic heterocycles. The Morgan fingerprint density at radius 1 is 1.14 bits per heavy atom. The van der Waals surface area contributed by atoms with E-state index in [4.69, 9.17) is 0 Å². The van der Waals surface area contributed by atoms with E-state index >= 15 is 0 Å². The second kappa shape index (κ2) is 7.10. The SMILES string of the molecule is CC(NC1CCCC1C1CCCCN1)C(=O)NC(C)(C)C. The number of piperidine rings is 1. The average Bonchev–Trinajstić information content (AvgIpc) is 2.86. The van der Waals surface area contributed by atoms with Crippen molar-refractivity contribution < 1.29 is 4.79 Å². The molecule has 0 radical (unpaired) electrons. The van der Waals surface area contributed by atoms with Crippen LogP contribution in [0.4, 0.5) is 0 Å². The van der Waals surface area contributed by atoms with Gasteiger partial charge in [0.25, 0.3) is 0 Å². The number of rotatable bonds is 4. The van der Waals surface area contributed by atoms with Crippen LogP contribution in [0.15, 0.2) is 0 Å². The van der Waals surface area contributed by atoms with E-state index < -0.39 is 0 Å². The fourth-order valence-corrected chi connectivity index (χ4v) is 3.80. The highest BCUT2D eigenvalue weighted by Crippen LogP contribution is 2.32. The van der Waals surface area contributed by atoms with Gasteiger partial charge in [-0.3, -0.25) is 4.79 Å². The Kier molecular flexibility index (Phi) is 5.67. The summed E-state index contributed by atoms with van der Waals surface area (Å²) in [7, 11) is 0. The van der Waals surface area contributed by atoms with Crippen LogP contribution in [0.1, 0.15) is 66.2 Å². The number of nitrogens with one attached hydrogen (secondary N) is 3. The zero-order valence-electron chi connectivity index (χ0n) is 14.2. The molecule has 2 aliphatic rings. The van der Waals surface area contributed by atoms with Crippen molar-refractivity contribution in [2.75, 3.05) is 6.54 Å². The summed E-state index contributed by atoms with van der Waals surface area (Å²) in [6.07, 6.45) is 7.74. The van der Waals surface area contributed by atoms with E-state index in [1.807, 2.05) is 27.7 Å². The van der Waals surface area contributed by atoms with Gasteiger partial charge in [-0.25, -0.2) is 0 Å². The van der Waals surface area contributed by atoms with Crippen molar-refractivity contribution in [3.05, 3.63) is 0 Å². The number of carbonyl (C=O) groups is 1. The van der Waals surface area contributed by atoms with Gasteiger partial charge in [0.2, 0.25) is 5.91 Å². The molecule has 122 valence electrons. The molecule has 1 saturated heterocycles. The highest BCUT2D eigenvalue weighted by atomic mass is 16.2. The highest BCUT2D eigenvalue weighted by Gasteiger charge is 2.35. The summed E-state index contributed by atoms with van der Waals surface area (Å²) in [6, 6.07) is 1.02. The summed E-state index contributed by atoms with van der Waals surface area (Å²) in [5.74, 6) is 0.806.